The highest BCUT2D eigenvalue weighted by atomic mass is 32.1. The van der Waals surface area contributed by atoms with Crippen LogP contribution in [0.1, 0.15) is 12.5 Å². The Kier molecular flexibility index (Phi) is 4.36. The lowest BCUT2D eigenvalue weighted by Gasteiger charge is -2.13. The Morgan fingerprint density at radius 1 is 1.33 bits per heavy atom. The Balaban J connectivity index is 1.80. The van der Waals surface area contributed by atoms with E-state index in [4.69, 9.17) is 4.74 Å². The van der Waals surface area contributed by atoms with E-state index >= 15 is 0 Å². The molecule has 1 aromatic heterocycles. The van der Waals surface area contributed by atoms with Crippen molar-refractivity contribution in [1.29, 1.82) is 0 Å². The molecule has 4 heteroatoms. The SMILES string of the molecule is CC(Cc1ccsc1)NC(=O)Oc1ccccc1. The Labute approximate surface area is 110 Å². The molecule has 3 nitrogen and oxygen atoms in total. The van der Waals surface area contributed by atoms with Crippen LogP contribution >= 0.6 is 11.3 Å². The third kappa shape index (κ3) is 3.89. The van der Waals surface area contributed by atoms with E-state index in [0.29, 0.717) is 5.75 Å². The Hall–Kier alpha value is -1.81. The van der Waals surface area contributed by atoms with E-state index in [-0.39, 0.29) is 6.04 Å². The number of hydrogen-bond acceptors (Lipinski definition) is 3. The molecule has 1 amide bonds. The minimum atomic E-state index is -0.413. The standard InChI is InChI=1S/C14H15NO2S/c1-11(9-12-7-8-18-10-12)15-14(16)17-13-5-3-2-4-6-13/h2-8,10-11H,9H2,1H3,(H,15,16). The van der Waals surface area contributed by atoms with Crippen LogP contribution in [0.4, 0.5) is 4.79 Å². The minimum absolute atomic E-state index is 0.0517. The third-order valence-electron chi connectivity index (χ3n) is 2.44. The molecule has 0 saturated carbocycles. The molecule has 0 aliphatic rings. The second-order valence-corrected chi connectivity index (χ2v) is 4.86. The summed E-state index contributed by atoms with van der Waals surface area (Å²) in [5.74, 6) is 0.553. The average Bonchev–Trinajstić information content (AvgIpc) is 2.82. The van der Waals surface area contributed by atoms with Gasteiger partial charge in [-0.3, -0.25) is 0 Å². The second-order valence-electron chi connectivity index (χ2n) is 4.08. The molecule has 1 atom stereocenters. The number of thiophene rings is 1. The van der Waals surface area contributed by atoms with Gasteiger partial charge in [-0.05, 0) is 47.9 Å². The van der Waals surface area contributed by atoms with Crippen LogP contribution in [-0.4, -0.2) is 12.1 Å². The van der Waals surface area contributed by atoms with Gasteiger partial charge in [0.1, 0.15) is 5.75 Å². The van der Waals surface area contributed by atoms with Gasteiger partial charge in [0.25, 0.3) is 0 Å². The lowest BCUT2D eigenvalue weighted by Crippen LogP contribution is -2.36. The Morgan fingerprint density at radius 3 is 2.78 bits per heavy atom. The van der Waals surface area contributed by atoms with Crippen molar-refractivity contribution in [2.75, 3.05) is 0 Å². The van der Waals surface area contributed by atoms with E-state index in [1.54, 1.807) is 23.5 Å². The largest absolute Gasteiger partial charge is 0.412 e. The molecule has 94 valence electrons. The molecule has 0 radical (unpaired) electrons. The number of carbonyl (C=O) groups excluding carboxylic acids is 1. The minimum Gasteiger partial charge on any atom is -0.410 e. The van der Waals surface area contributed by atoms with Gasteiger partial charge in [0.2, 0.25) is 0 Å². The summed E-state index contributed by atoms with van der Waals surface area (Å²) in [6.45, 7) is 1.96. The molecule has 0 aliphatic carbocycles. The smallest absolute Gasteiger partial charge is 0.410 e. The maximum absolute atomic E-state index is 11.6. The van der Waals surface area contributed by atoms with E-state index in [2.05, 4.69) is 16.8 Å². The van der Waals surface area contributed by atoms with Crippen LogP contribution in [0.5, 0.6) is 5.75 Å². The fourth-order valence-corrected chi connectivity index (χ4v) is 2.32. The second kappa shape index (κ2) is 6.21. The van der Waals surface area contributed by atoms with Crippen LogP contribution in [0.25, 0.3) is 0 Å². The van der Waals surface area contributed by atoms with Crippen molar-refractivity contribution in [2.45, 2.75) is 19.4 Å². The molecule has 0 bridgehead atoms. The summed E-state index contributed by atoms with van der Waals surface area (Å²) in [5.41, 5.74) is 1.23. The first kappa shape index (κ1) is 12.6. The molecule has 0 fully saturated rings. The normalized spacial score (nSPS) is 11.8. The highest BCUT2D eigenvalue weighted by Gasteiger charge is 2.09. The van der Waals surface area contributed by atoms with Crippen LogP contribution < -0.4 is 10.1 Å². The predicted octanol–water partition coefficient (Wildman–Crippen LogP) is 3.47. The molecule has 1 aromatic carbocycles. The van der Waals surface area contributed by atoms with Gasteiger partial charge in [-0.25, -0.2) is 4.79 Å². The Morgan fingerprint density at radius 2 is 2.11 bits per heavy atom. The van der Waals surface area contributed by atoms with Crippen LogP contribution in [0.3, 0.4) is 0 Å². The van der Waals surface area contributed by atoms with Gasteiger partial charge in [-0.1, -0.05) is 18.2 Å². The van der Waals surface area contributed by atoms with Gasteiger partial charge in [0, 0.05) is 6.04 Å². The first-order chi connectivity index (χ1) is 8.74. The van der Waals surface area contributed by atoms with Crippen molar-refractivity contribution in [2.24, 2.45) is 0 Å². The number of benzene rings is 1. The van der Waals surface area contributed by atoms with Gasteiger partial charge in [0.15, 0.2) is 0 Å². The molecule has 0 spiro atoms. The third-order valence-corrected chi connectivity index (χ3v) is 3.17. The summed E-state index contributed by atoms with van der Waals surface area (Å²) in [6.07, 6.45) is 0.400. The number of amides is 1. The van der Waals surface area contributed by atoms with Gasteiger partial charge >= 0.3 is 6.09 Å². The fraction of sp³-hybridized carbons (Fsp3) is 0.214. The maximum atomic E-state index is 11.6. The fourth-order valence-electron chi connectivity index (χ4n) is 1.64. The molecule has 2 rings (SSSR count). The first-order valence-electron chi connectivity index (χ1n) is 5.78. The van der Waals surface area contributed by atoms with Gasteiger partial charge in [0.05, 0.1) is 0 Å². The van der Waals surface area contributed by atoms with E-state index < -0.39 is 6.09 Å². The predicted molar refractivity (Wildman–Crippen MR) is 73.1 cm³/mol. The average molecular weight is 261 g/mol. The first-order valence-corrected chi connectivity index (χ1v) is 6.73. The van der Waals surface area contributed by atoms with Crippen LogP contribution in [0.15, 0.2) is 47.2 Å². The summed E-state index contributed by atoms with van der Waals surface area (Å²) in [6, 6.07) is 11.2. The van der Waals surface area contributed by atoms with Crippen molar-refractivity contribution >= 4 is 17.4 Å². The summed E-state index contributed by atoms with van der Waals surface area (Å²) < 4.78 is 5.16. The van der Waals surface area contributed by atoms with Crippen molar-refractivity contribution in [3.63, 3.8) is 0 Å². The quantitative estimate of drug-likeness (QED) is 0.915. The van der Waals surface area contributed by atoms with E-state index in [0.717, 1.165) is 6.42 Å². The van der Waals surface area contributed by atoms with Gasteiger partial charge in [-0.15, -0.1) is 0 Å². The molecular formula is C14H15NO2S. The van der Waals surface area contributed by atoms with E-state index in [1.807, 2.05) is 30.5 Å². The summed E-state index contributed by atoms with van der Waals surface area (Å²) in [4.78, 5) is 11.6. The number of para-hydroxylation sites is 1. The van der Waals surface area contributed by atoms with Crippen LogP contribution in [-0.2, 0) is 6.42 Å². The molecule has 0 saturated heterocycles. The van der Waals surface area contributed by atoms with Crippen LogP contribution in [0.2, 0.25) is 0 Å². The van der Waals surface area contributed by atoms with Crippen molar-refractivity contribution in [3.05, 3.63) is 52.7 Å². The van der Waals surface area contributed by atoms with E-state index in [1.165, 1.54) is 5.56 Å². The highest BCUT2D eigenvalue weighted by Crippen LogP contribution is 2.10. The zero-order chi connectivity index (χ0) is 12.8. The Bertz CT molecular complexity index is 482. The van der Waals surface area contributed by atoms with Crippen molar-refractivity contribution in [1.82, 2.24) is 5.32 Å². The van der Waals surface area contributed by atoms with Gasteiger partial charge < -0.3 is 10.1 Å². The number of rotatable bonds is 4. The zero-order valence-corrected chi connectivity index (χ0v) is 10.9. The highest BCUT2D eigenvalue weighted by molar-refractivity contribution is 7.07. The zero-order valence-electron chi connectivity index (χ0n) is 10.1. The molecule has 1 N–H and O–H groups in total. The molecule has 18 heavy (non-hydrogen) atoms. The van der Waals surface area contributed by atoms with Gasteiger partial charge in [-0.2, -0.15) is 11.3 Å². The summed E-state index contributed by atoms with van der Waals surface area (Å²) in [5, 5.41) is 6.93. The molecule has 0 aliphatic heterocycles. The van der Waals surface area contributed by atoms with Crippen LogP contribution in [0, 0.1) is 0 Å². The summed E-state index contributed by atoms with van der Waals surface area (Å²) >= 11 is 1.66. The molecule has 1 unspecified atom stereocenters. The topological polar surface area (TPSA) is 38.3 Å². The summed E-state index contributed by atoms with van der Waals surface area (Å²) in [7, 11) is 0. The maximum Gasteiger partial charge on any atom is 0.412 e. The number of hydrogen-bond donors (Lipinski definition) is 1. The molecule has 2 aromatic rings. The number of ether oxygens (including phenoxy) is 1. The number of nitrogens with one attached hydrogen (secondary N) is 1. The number of carbonyl (C=O) groups is 1. The monoisotopic (exact) mass is 261 g/mol. The van der Waals surface area contributed by atoms with Crippen molar-refractivity contribution < 1.29 is 9.53 Å². The van der Waals surface area contributed by atoms with Crippen molar-refractivity contribution in [3.8, 4) is 5.75 Å². The lowest BCUT2D eigenvalue weighted by molar-refractivity contribution is 0.197. The lowest BCUT2D eigenvalue weighted by atomic mass is 10.1. The molecule has 1 heterocycles. The molecular weight excluding hydrogens is 246 g/mol. The van der Waals surface area contributed by atoms with E-state index in [9.17, 15) is 4.79 Å².